The largest absolute Gasteiger partial charge is 0.497 e. The van der Waals surface area contributed by atoms with Crippen molar-refractivity contribution < 1.29 is 27.5 Å². The van der Waals surface area contributed by atoms with Gasteiger partial charge in [0.15, 0.2) is 0 Å². The molecule has 3 aromatic carbocycles. The quantitative estimate of drug-likeness (QED) is 0.466. The summed E-state index contributed by atoms with van der Waals surface area (Å²) in [7, 11) is 1.50. The van der Waals surface area contributed by atoms with Crippen LogP contribution in [0.3, 0.4) is 0 Å². The van der Waals surface area contributed by atoms with Crippen molar-refractivity contribution in [3.05, 3.63) is 101 Å². The van der Waals surface area contributed by atoms with Crippen molar-refractivity contribution in [3.63, 3.8) is 0 Å². The van der Waals surface area contributed by atoms with Gasteiger partial charge in [-0.2, -0.15) is 13.2 Å². The maximum Gasteiger partial charge on any atom is 0.442 e. The smallest absolute Gasteiger partial charge is 0.442 e. The van der Waals surface area contributed by atoms with Crippen molar-refractivity contribution in [2.24, 2.45) is 4.99 Å². The Balaban J connectivity index is 1.75. The molecule has 0 spiro atoms. The van der Waals surface area contributed by atoms with Crippen LogP contribution >= 0.6 is 0 Å². The Kier molecular flexibility index (Phi) is 7.06. The van der Waals surface area contributed by atoms with E-state index >= 15 is 0 Å². The van der Waals surface area contributed by atoms with Gasteiger partial charge in [0.2, 0.25) is 0 Å². The van der Waals surface area contributed by atoms with Crippen LogP contribution in [0.5, 0.6) is 5.75 Å². The lowest BCUT2D eigenvalue weighted by molar-refractivity contribution is -0.196. The van der Waals surface area contributed by atoms with Gasteiger partial charge in [-0.05, 0) is 40.8 Å². The molecule has 0 unspecified atom stereocenters. The average molecular weight is 524 g/mol. The first-order valence-electron chi connectivity index (χ1n) is 12.0. The molecule has 0 radical (unpaired) electrons. The molecule has 1 atom stereocenters. The van der Waals surface area contributed by atoms with Crippen molar-refractivity contribution in [1.82, 2.24) is 10.2 Å². The third-order valence-corrected chi connectivity index (χ3v) is 6.33. The Morgan fingerprint density at radius 3 is 2.08 bits per heavy atom. The molecule has 3 aromatic rings. The fraction of sp³-hybridized carbons (Fsp3) is 0.276. The van der Waals surface area contributed by atoms with Crippen molar-refractivity contribution in [2.75, 3.05) is 7.11 Å². The Bertz CT molecular complexity index is 1350. The molecule has 1 N–H and O–H groups in total. The van der Waals surface area contributed by atoms with E-state index in [-0.39, 0.29) is 23.4 Å². The van der Waals surface area contributed by atoms with Gasteiger partial charge in [-0.15, -0.1) is 0 Å². The van der Waals surface area contributed by atoms with Gasteiger partial charge < -0.3 is 10.1 Å². The predicted molar refractivity (Wildman–Crippen MR) is 138 cm³/mol. The highest BCUT2D eigenvalue weighted by molar-refractivity contribution is 6.16. The predicted octanol–water partition coefficient (Wildman–Crippen LogP) is 5.47. The minimum absolute atomic E-state index is 0.0144. The molecule has 0 saturated heterocycles. The SMILES string of the molecule is COc1ccc(CN2C(=O)[C@](NC(=O)c3ccc(C(C)(C)C)cc3)(C(F)(F)F)N=C2c2ccccc2)cc1. The maximum absolute atomic E-state index is 14.7. The summed E-state index contributed by atoms with van der Waals surface area (Å²) in [4.78, 5) is 31.5. The van der Waals surface area contributed by atoms with Crippen LogP contribution in [0.1, 0.15) is 47.8 Å². The van der Waals surface area contributed by atoms with Gasteiger partial charge in [-0.1, -0.05) is 75.4 Å². The zero-order chi connectivity index (χ0) is 27.7. The topological polar surface area (TPSA) is 71.0 Å². The monoisotopic (exact) mass is 523 g/mol. The van der Waals surface area contributed by atoms with Gasteiger partial charge in [-0.3, -0.25) is 14.5 Å². The van der Waals surface area contributed by atoms with Crippen LogP contribution in [0, 0.1) is 0 Å². The highest BCUT2D eigenvalue weighted by atomic mass is 19.4. The van der Waals surface area contributed by atoms with Crippen LogP contribution in [0.4, 0.5) is 13.2 Å². The second-order valence-electron chi connectivity index (χ2n) is 10.0. The highest BCUT2D eigenvalue weighted by Crippen LogP contribution is 2.39. The normalized spacial score (nSPS) is 17.8. The van der Waals surface area contributed by atoms with Crippen LogP contribution < -0.4 is 10.1 Å². The van der Waals surface area contributed by atoms with Gasteiger partial charge in [0.05, 0.1) is 13.7 Å². The highest BCUT2D eigenvalue weighted by Gasteiger charge is 2.67. The fourth-order valence-electron chi connectivity index (χ4n) is 4.12. The summed E-state index contributed by atoms with van der Waals surface area (Å²) in [5.74, 6) is -2.07. The lowest BCUT2D eigenvalue weighted by atomic mass is 9.86. The summed E-state index contributed by atoms with van der Waals surface area (Å²) < 4.78 is 49.2. The summed E-state index contributed by atoms with van der Waals surface area (Å²) in [6.45, 7) is 5.75. The molecule has 1 aliphatic heterocycles. The first-order chi connectivity index (χ1) is 17.9. The number of amidine groups is 1. The number of amides is 2. The third kappa shape index (κ3) is 5.14. The molecule has 0 fully saturated rings. The minimum Gasteiger partial charge on any atom is -0.497 e. The molecular formula is C29H28F3N3O3. The molecule has 198 valence electrons. The lowest BCUT2D eigenvalue weighted by Gasteiger charge is -2.29. The summed E-state index contributed by atoms with van der Waals surface area (Å²) in [5, 5.41) is 1.93. The number of aliphatic imine (C=N–C) groups is 1. The van der Waals surface area contributed by atoms with Gasteiger partial charge in [0.25, 0.3) is 11.8 Å². The van der Waals surface area contributed by atoms with E-state index in [9.17, 15) is 22.8 Å². The molecule has 9 heteroatoms. The molecule has 6 nitrogen and oxygen atoms in total. The van der Waals surface area contributed by atoms with Crippen LogP contribution in [0.2, 0.25) is 0 Å². The number of methoxy groups -OCH3 is 1. The Morgan fingerprint density at radius 1 is 0.947 bits per heavy atom. The number of nitrogens with zero attached hydrogens (tertiary/aromatic N) is 2. The zero-order valence-electron chi connectivity index (χ0n) is 21.5. The van der Waals surface area contributed by atoms with Gasteiger partial charge >= 0.3 is 11.8 Å². The zero-order valence-corrected chi connectivity index (χ0v) is 21.5. The first-order valence-corrected chi connectivity index (χ1v) is 12.0. The number of rotatable bonds is 6. The number of alkyl halides is 3. The van der Waals surface area contributed by atoms with Crippen LogP contribution in [-0.4, -0.2) is 41.5 Å². The number of ether oxygens (including phenoxy) is 1. The van der Waals surface area contributed by atoms with E-state index in [0.717, 1.165) is 10.5 Å². The molecule has 0 aliphatic carbocycles. The molecular weight excluding hydrogens is 495 g/mol. The number of benzene rings is 3. The van der Waals surface area contributed by atoms with E-state index in [2.05, 4.69) is 4.99 Å². The number of nitrogens with one attached hydrogen (secondary N) is 1. The molecule has 0 aromatic heterocycles. The van der Waals surface area contributed by atoms with Crippen molar-refractivity contribution in [1.29, 1.82) is 0 Å². The second kappa shape index (κ2) is 9.96. The summed E-state index contributed by atoms with van der Waals surface area (Å²) in [6.07, 6.45) is -5.21. The molecule has 0 bridgehead atoms. The van der Waals surface area contributed by atoms with Crippen LogP contribution in [0.15, 0.2) is 83.9 Å². The molecule has 1 heterocycles. The van der Waals surface area contributed by atoms with Crippen LogP contribution in [-0.2, 0) is 16.8 Å². The molecule has 2 amide bonds. The third-order valence-electron chi connectivity index (χ3n) is 6.33. The number of hydrogen-bond acceptors (Lipinski definition) is 4. The molecule has 4 rings (SSSR count). The van der Waals surface area contributed by atoms with E-state index in [0.29, 0.717) is 16.9 Å². The summed E-state index contributed by atoms with van der Waals surface area (Å²) in [5.41, 5.74) is -1.93. The molecule has 38 heavy (non-hydrogen) atoms. The number of carbonyl (C=O) groups is 2. The molecule has 1 aliphatic rings. The van der Waals surface area contributed by atoms with E-state index in [1.807, 2.05) is 26.1 Å². The second-order valence-corrected chi connectivity index (χ2v) is 10.0. The number of carbonyl (C=O) groups excluding carboxylic acids is 2. The first kappa shape index (κ1) is 26.9. The summed E-state index contributed by atoms with van der Waals surface area (Å²) in [6, 6.07) is 20.9. The van der Waals surface area contributed by atoms with E-state index in [1.165, 1.54) is 19.2 Å². The Morgan fingerprint density at radius 2 is 1.55 bits per heavy atom. The van der Waals surface area contributed by atoms with E-state index in [1.54, 1.807) is 66.7 Å². The van der Waals surface area contributed by atoms with Gasteiger partial charge in [0, 0.05) is 11.1 Å². The number of halogens is 3. The van der Waals surface area contributed by atoms with Gasteiger partial charge in [0.1, 0.15) is 11.6 Å². The van der Waals surface area contributed by atoms with E-state index < -0.39 is 23.7 Å². The van der Waals surface area contributed by atoms with Crippen molar-refractivity contribution in [3.8, 4) is 5.75 Å². The maximum atomic E-state index is 14.7. The Labute approximate surface area is 219 Å². The Hall–Kier alpha value is -4.14. The number of hydrogen-bond donors (Lipinski definition) is 1. The fourth-order valence-corrected chi connectivity index (χ4v) is 4.12. The average Bonchev–Trinajstić information content (AvgIpc) is 3.16. The molecule has 0 saturated carbocycles. The minimum atomic E-state index is -5.21. The van der Waals surface area contributed by atoms with Crippen molar-refractivity contribution >= 4 is 17.6 Å². The lowest BCUT2D eigenvalue weighted by Crippen LogP contribution is -2.63. The van der Waals surface area contributed by atoms with Crippen molar-refractivity contribution in [2.45, 2.75) is 44.6 Å². The van der Waals surface area contributed by atoms with Crippen LogP contribution in [0.25, 0.3) is 0 Å². The standard InChI is InChI=1S/C29H28F3N3O3/c1-27(2,3)22-14-12-21(13-15-22)25(36)34-28(29(30,31)32)26(37)35(18-19-10-16-23(38-4)17-11-19)24(33-28)20-8-6-5-7-9-20/h5-17H,18H2,1-4H3,(H,34,36)/t28-/m0/s1. The van der Waals surface area contributed by atoms with Gasteiger partial charge in [-0.25, -0.2) is 4.99 Å². The van der Waals surface area contributed by atoms with E-state index in [4.69, 9.17) is 4.74 Å². The summed E-state index contributed by atoms with van der Waals surface area (Å²) >= 11 is 0.